The maximum atomic E-state index is 11.7. The van der Waals surface area contributed by atoms with Crippen LogP contribution < -0.4 is 16.2 Å². The zero-order valence-corrected chi connectivity index (χ0v) is 12.6. The maximum absolute atomic E-state index is 11.7. The summed E-state index contributed by atoms with van der Waals surface area (Å²) in [6, 6.07) is 15.6. The number of hydrogen-bond donors (Lipinski definition) is 3. The summed E-state index contributed by atoms with van der Waals surface area (Å²) >= 11 is 5.88. The van der Waals surface area contributed by atoms with Crippen molar-refractivity contribution in [2.45, 2.75) is 6.42 Å². The molecule has 0 saturated carbocycles. The second-order valence-corrected chi connectivity index (χ2v) is 5.02. The quantitative estimate of drug-likeness (QED) is 0.758. The summed E-state index contributed by atoms with van der Waals surface area (Å²) in [6.45, 7) is 0.438. The number of carbonyl (C=O) groups excluding carboxylic acids is 2. The molecule has 114 valence electrons. The fraction of sp³-hybridized carbons (Fsp3) is 0.125. The van der Waals surface area contributed by atoms with E-state index in [4.69, 9.17) is 11.6 Å². The van der Waals surface area contributed by atoms with Crippen molar-refractivity contribution >= 4 is 23.5 Å². The van der Waals surface area contributed by atoms with Crippen LogP contribution in [0.5, 0.6) is 0 Å². The Hall–Kier alpha value is -2.53. The Bertz CT molecular complexity index is 647. The first-order valence-electron chi connectivity index (χ1n) is 6.79. The number of nitrogens with one attached hydrogen (secondary N) is 3. The molecule has 0 atom stereocenters. The molecule has 22 heavy (non-hydrogen) atoms. The van der Waals surface area contributed by atoms with Crippen molar-refractivity contribution in [2.24, 2.45) is 0 Å². The number of amides is 3. The van der Waals surface area contributed by atoms with Crippen LogP contribution in [0.3, 0.4) is 0 Å². The van der Waals surface area contributed by atoms with Crippen molar-refractivity contribution in [3.63, 3.8) is 0 Å². The highest BCUT2D eigenvalue weighted by Gasteiger charge is 2.05. The summed E-state index contributed by atoms with van der Waals surface area (Å²) in [6.07, 6.45) is 0.653. The topological polar surface area (TPSA) is 70.2 Å². The summed E-state index contributed by atoms with van der Waals surface area (Å²) < 4.78 is 0. The van der Waals surface area contributed by atoms with Gasteiger partial charge < -0.3 is 5.32 Å². The van der Waals surface area contributed by atoms with Gasteiger partial charge in [0.2, 0.25) is 0 Å². The predicted molar refractivity (Wildman–Crippen MR) is 85.6 cm³/mol. The molecule has 2 aromatic rings. The van der Waals surface area contributed by atoms with Gasteiger partial charge in [-0.1, -0.05) is 41.9 Å². The van der Waals surface area contributed by atoms with Gasteiger partial charge in [0.1, 0.15) is 0 Å². The number of urea groups is 1. The second-order valence-electron chi connectivity index (χ2n) is 4.58. The lowest BCUT2D eigenvalue weighted by atomic mass is 10.1. The van der Waals surface area contributed by atoms with E-state index < -0.39 is 6.03 Å². The monoisotopic (exact) mass is 317 g/mol. The van der Waals surface area contributed by atoms with E-state index >= 15 is 0 Å². The first-order valence-corrected chi connectivity index (χ1v) is 7.16. The minimum Gasteiger partial charge on any atom is -0.336 e. The van der Waals surface area contributed by atoms with Gasteiger partial charge in [-0.25, -0.2) is 10.2 Å². The molecule has 2 rings (SSSR count). The van der Waals surface area contributed by atoms with Gasteiger partial charge in [0.25, 0.3) is 5.91 Å². The van der Waals surface area contributed by atoms with E-state index in [1.165, 1.54) is 0 Å². The molecular formula is C16H16ClN3O2. The number of rotatable bonds is 4. The van der Waals surface area contributed by atoms with Crippen LogP contribution in [0.2, 0.25) is 5.02 Å². The van der Waals surface area contributed by atoms with Crippen LogP contribution in [0.1, 0.15) is 15.9 Å². The van der Waals surface area contributed by atoms with Gasteiger partial charge in [0, 0.05) is 17.1 Å². The zero-order valence-electron chi connectivity index (χ0n) is 11.8. The number of hydrazine groups is 1. The molecule has 5 nitrogen and oxygen atoms in total. The molecule has 0 aromatic heterocycles. The van der Waals surface area contributed by atoms with Crippen LogP contribution >= 0.6 is 11.6 Å². The lowest BCUT2D eigenvalue weighted by Crippen LogP contribution is -2.47. The molecule has 0 aliphatic carbocycles. The molecule has 0 unspecified atom stereocenters. The minimum absolute atomic E-state index is 0.370. The molecule has 0 aliphatic heterocycles. The van der Waals surface area contributed by atoms with Gasteiger partial charge in [0.15, 0.2) is 0 Å². The first kappa shape index (κ1) is 15.9. The Labute approximate surface area is 133 Å². The average molecular weight is 318 g/mol. The van der Waals surface area contributed by atoms with Crippen molar-refractivity contribution in [3.8, 4) is 0 Å². The zero-order chi connectivity index (χ0) is 15.8. The van der Waals surface area contributed by atoms with E-state index in [0.717, 1.165) is 5.56 Å². The molecule has 0 bridgehead atoms. The number of benzene rings is 2. The normalized spacial score (nSPS) is 9.86. The Kier molecular flexibility index (Phi) is 5.80. The van der Waals surface area contributed by atoms with Crippen molar-refractivity contribution in [1.82, 2.24) is 16.2 Å². The Morgan fingerprint density at radius 1 is 0.955 bits per heavy atom. The van der Waals surface area contributed by atoms with Gasteiger partial charge in [0.05, 0.1) is 0 Å². The van der Waals surface area contributed by atoms with E-state index in [2.05, 4.69) is 16.2 Å². The van der Waals surface area contributed by atoms with Crippen molar-refractivity contribution < 1.29 is 9.59 Å². The molecule has 0 heterocycles. The largest absolute Gasteiger partial charge is 0.336 e. The van der Waals surface area contributed by atoms with Gasteiger partial charge in [-0.05, 0) is 36.2 Å². The van der Waals surface area contributed by atoms with Gasteiger partial charge in [-0.3, -0.25) is 10.2 Å². The fourth-order valence-electron chi connectivity index (χ4n) is 1.83. The molecule has 3 N–H and O–H groups in total. The van der Waals surface area contributed by atoms with Crippen LogP contribution in [0.4, 0.5) is 4.79 Å². The van der Waals surface area contributed by atoms with Gasteiger partial charge in [-0.2, -0.15) is 0 Å². The first-order chi connectivity index (χ1) is 10.6. The van der Waals surface area contributed by atoms with E-state index in [-0.39, 0.29) is 5.91 Å². The third-order valence-corrected chi connectivity index (χ3v) is 3.15. The molecule has 0 saturated heterocycles. The summed E-state index contributed by atoms with van der Waals surface area (Å²) in [7, 11) is 0. The lowest BCUT2D eigenvalue weighted by molar-refractivity contribution is 0.0936. The van der Waals surface area contributed by atoms with Crippen LogP contribution in [0.25, 0.3) is 0 Å². The molecule has 2 aromatic carbocycles. The standard InChI is InChI=1S/C16H16ClN3O2/c17-14-8-4-5-12(11-14)9-10-18-16(22)20-19-15(21)13-6-2-1-3-7-13/h1-8,11H,9-10H2,(H,19,21)(H2,18,20,22). The summed E-state index contributed by atoms with van der Waals surface area (Å²) in [5.41, 5.74) is 6.14. The molecular weight excluding hydrogens is 302 g/mol. The SMILES string of the molecule is O=C(NCCc1cccc(Cl)c1)NNC(=O)c1ccccc1. The third-order valence-electron chi connectivity index (χ3n) is 2.91. The summed E-state index contributed by atoms with van der Waals surface area (Å²) in [5.74, 6) is -0.370. The van der Waals surface area contributed by atoms with E-state index in [1.807, 2.05) is 24.3 Å². The van der Waals surface area contributed by atoms with E-state index in [0.29, 0.717) is 23.6 Å². The van der Waals surface area contributed by atoms with Crippen LogP contribution in [0, 0.1) is 0 Å². The minimum atomic E-state index is -0.466. The van der Waals surface area contributed by atoms with Crippen LogP contribution in [-0.2, 0) is 6.42 Å². The van der Waals surface area contributed by atoms with E-state index in [1.54, 1.807) is 30.3 Å². The molecule has 0 aliphatic rings. The highest BCUT2D eigenvalue weighted by Crippen LogP contribution is 2.10. The van der Waals surface area contributed by atoms with Crippen molar-refractivity contribution in [2.75, 3.05) is 6.54 Å². The smallest absolute Gasteiger partial charge is 0.333 e. The summed E-state index contributed by atoms with van der Waals surface area (Å²) in [5, 5.41) is 3.31. The second kappa shape index (κ2) is 8.05. The number of carbonyl (C=O) groups is 2. The van der Waals surface area contributed by atoms with Crippen molar-refractivity contribution in [3.05, 3.63) is 70.7 Å². The Balaban J connectivity index is 1.69. The fourth-order valence-corrected chi connectivity index (χ4v) is 2.05. The van der Waals surface area contributed by atoms with Gasteiger partial charge in [-0.15, -0.1) is 0 Å². The number of halogens is 1. The summed E-state index contributed by atoms with van der Waals surface area (Å²) in [4.78, 5) is 23.3. The van der Waals surface area contributed by atoms with Crippen molar-refractivity contribution in [1.29, 1.82) is 0 Å². The highest BCUT2D eigenvalue weighted by molar-refractivity contribution is 6.30. The molecule has 0 spiro atoms. The molecule has 0 radical (unpaired) electrons. The Morgan fingerprint density at radius 2 is 1.73 bits per heavy atom. The Morgan fingerprint density at radius 3 is 2.45 bits per heavy atom. The van der Waals surface area contributed by atoms with E-state index in [9.17, 15) is 9.59 Å². The van der Waals surface area contributed by atoms with Crippen LogP contribution in [0.15, 0.2) is 54.6 Å². The molecule has 3 amide bonds. The number of hydrogen-bond acceptors (Lipinski definition) is 2. The van der Waals surface area contributed by atoms with Crippen LogP contribution in [-0.4, -0.2) is 18.5 Å². The maximum Gasteiger partial charge on any atom is 0.333 e. The van der Waals surface area contributed by atoms with Gasteiger partial charge >= 0.3 is 6.03 Å². The lowest BCUT2D eigenvalue weighted by Gasteiger charge is -2.09. The average Bonchev–Trinajstić information content (AvgIpc) is 2.53. The molecule has 0 fully saturated rings. The highest BCUT2D eigenvalue weighted by atomic mass is 35.5. The third kappa shape index (κ3) is 5.10. The predicted octanol–water partition coefficient (Wildman–Crippen LogP) is 2.53. The molecule has 6 heteroatoms.